The Bertz CT molecular complexity index is 733. The van der Waals surface area contributed by atoms with E-state index in [0.29, 0.717) is 16.3 Å². The number of ketones is 1. The molecule has 0 fully saturated rings. The van der Waals surface area contributed by atoms with Crippen LogP contribution in [0.4, 0.5) is 0 Å². The molecule has 0 amide bonds. The molecule has 0 N–H and O–H groups in total. The van der Waals surface area contributed by atoms with E-state index >= 15 is 0 Å². The smallest absolute Gasteiger partial charge is 0.307 e. The van der Waals surface area contributed by atoms with E-state index in [1.165, 1.54) is 6.92 Å². The van der Waals surface area contributed by atoms with Gasteiger partial charge in [-0.3, -0.25) is 9.59 Å². The molecule has 0 spiro atoms. The second-order valence-corrected chi connectivity index (χ2v) is 5.96. The zero-order valence-corrected chi connectivity index (χ0v) is 14.4. The summed E-state index contributed by atoms with van der Waals surface area (Å²) < 4.78 is 5.10. The van der Waals surface area contributed by atoms with Crippen LogP contribution in [-0.4, -0.2) is 11.8 Å². The highest BCUT2D eigenvalue weighted by molar-refractivity contribution is 6.30. The molecule has 124 valence electrons. The van der Waals surface area contributed by atoms with Crippen LogP contribution in [0.3, 0.4) is 0 Å². The van der Waals surface area contributed by atoms with Gasteiger partial charge in [0.15, 0.2) is 5.78 Å². The lowest BCUT2D eigenvalue weighted by atomic mass is 9.91. The molecule has 0 aliphatic rings. The number of allylic oxidation sites excluding steroid dienone is 2. The number of carbonyl (C=O) groups is 2. The molecular weight excluding hydrogens is 324 g/mol. The Kier molecular flexibility index (Phi) is 6.33. The number of Topliss-reactive ketones (excluding diaryl/α,β-unsaturated/α-hetero) is 1. The van der Waals surface area contributed by atoms with Gasteiger partial charge in [0.25, 0.3) is 0 Å². The fourth-order valence-electron chi connectivity index (χ4n) is 2.47. The van der Waals surface area contributed by atoms with Gasteiger partial charge in [0.2, 0.25) is 0 Å². The highest BCUT2D eigenvalue weighted by Crippen LogP contribution is 2.26. The van der Waals surface area contributed by atoms with Crippen LogP contribution in [0.2, 0.25) is 5.02 Å². The normalized spacial score (nSPS) is 12.5. The van der Waals surface area contributed by atoms with Crippen LogP contribution in [0.15, 0.2) is 66.4 Å². The fraction of sp³-hybridized carbons (Fsp3) is 0.200. The third-order valence-electron chi connectivity index (χ3n) is 3.54. The minimum Gasteiger partial charge on any atom is -0.432 e. The van der Waals surface area contributed by atoms with E-state index in [1.54, 1.807) is 37.3 Å². The molecule has 0 saturated heterocycles. The van der Waals surface area contributed by atoms with Crippen LogP contribution in [0, 0.1) is 0 Å². The van der Waals surface area contributed by atoms with Gasteiger partial charge in [-0.05, 0) is 30.7 Å². The first-order valence-electron chi connectivity index (χ1n) is 7.66. The van der Waals surface area contributed by atoms with Crippen LogP contribution in [-0.2, 0) is 9.53 Å². The van der Waals surface area contributed by atoms with E-state index in [4.69, 9.17) is 16.3 Å². The van der Waals surface area contributed by atoms with E-state index in [-0.39, 0.29) is 24.1 Å². The number of esters is 1. The van der Waals surface area contributed by atoms with E-state index < -0.39 is 0 Å². The van der Waals surface area contributed by atoms with Crippen LogP contribution in [0.1, 0.15) is 42.1 Å². The predicted molar refractivity (Wildman–Crippen MR) is 95.1 cm³/mol. The number of benzene rings is 2. The standard InChI is InChI=1S/C20H19ClO3/c1-14(24-15(2)22)12-18(16-8-10-19(21)11-9-16)13-20(23)17-6-4-3-5-7-17/h3-12,18H,13H2,1-2H3/b14-12-. The number of halogens is 1. The summed E-state index contributed by atoms with van der Waals surface area (Å²) in [7, 11) is 0. The van der Waals surface area contributed by atoms with Gasteiger partial charge in [-0.15, -0.1) is 0 Å². The summed E-state index contributed by atoms with van der Waals surface area (Å²) in [4.78, 5) is 23.6. The van der Waals surface area contributed by atoms with Crippen molar-refractivity contribution in [3.05, 3.63) is 82.6 Å². The van der Waals surface area contributed by atoms with Crippen molar-refractivity contribution in [2.75, 3.05) is 0 Å². The average molecular weight is 343 g/mol. The molecular formula is C20H19ClO3. The molecule has 0 heterocycles. The molecule has 1 atom stereocenters. The minimum atomic E-state index is -0.381. The maximum atomic E-state index is 12.5. The van der Waals surface area contributed by atoms with Crippen molar-refractivity contribution in [2.45, 2.75) is 26.2 Å². The van der Waals surface area contributed by atoms with E-state index in [0.717, 1.165) is 5.56 Å². The van der Waals surface area contributed by atoms with Gasteiger partial charge >= 0.3 is 5.97 Å². The Hall–Kier alpha value is -2.39. The lowest BCUT2D eigenvalue weighted by molar-refractivity contribution is -0.136. The maximum absolute atomic E-state index is 12.5. The van der Waals surface area contributed by atoms with Crippen LogP contribution in [0.25, 0.3) is 0 Å². The van der Waals surface area contributed by atoms with Crippen LogP contribution < -0.4 is 0 Å². The number of rotatable bonds is 6. The first kappa shape index (κ1) is 18.0. The topological polar surface area (TPSA) is 43.4 Å². The first-order chi connectivity index (χ1) is 11.5. The molecule has 0 bridgehead atoms. The van der Waals surface area contributed by atoms with Gasteiger partial charge in [0.1, 0.15) is 5.76 Å². The second-order valence-electron chi connectivity index (χ2n) is 5.52. The molecule has 4 heteroatoms. The molecule has 2 aromatic rings. The third-order valence-corrected chi connectivity index (χ3v) is 3.79. The molecule has 0 saturated carbocycles. The van der Waals surface area contributed by atoms with Gasteiger partial charge < -0.3 is 4.74 Å². The molecule has 2 aromatic carbocycles. The lowest BCUT2D eigenvalue weighted by Crippen LogP contribution is -2.07. The van der Waals surface area contributed by atoms with E-state index in [9.17, 15) is 9.59 Å². The first-order valence-corrected chi connectivity index (χ1v) is 8.04. The number of carbonyl (C=O) groups excluding carboxylic acids is 2. The van der Waals surface area contributed by atoms with E-state index in [1.807, 2.05) is 30.3 Å². The molecule has 2 rings (SSSR count). The molecule has 3 nitrogen and oxygen atoms in total. The van der Waals surface area contributed by atoms with Gasteiger partial charge in [0, 0.05) is 29.8 Å². The van der Waals surface area contributed by atoms with Gasteiger partial charge in [-0.25, -0.2) is 0 Å². The highest BCUT2D eigenvalue weighted by atomic mass is 35.5. The van der Waals surface area contributed by atoms with Crippen molar-refractivity contribution in [3.63, 3.8) is 0 Å². The number of ether oxygens (including phenoxy) is 1. The Morgan fingerprint density at radius 3 is 2.25 bits per heavy atom. The summed E-state index contributed by atoms with van der Waals surface area (Å²) >= 11 is 5.94. The summed E-state index contributed by atoms with van der Waals surface area (Å²) in [6, 6.07) is 16.5. The number of hydrogen-bond acceptors (Lipinski definition) is 3. The van der Waals surface area contributed by atoms with Gasteiger partial charge in [-0.2, -0.15) is 0 Å². The monoisotopic (exact) mass is 342 g/mol. The van der Waals surface area contributed by atoms with Crippen molar-refractivity contribution in [1.82, 2.24) is 0 Å². The van der Waals surface area contributed by atoms with E-state index in [2.05, 4.69) is 0 Å². The highest BCUT2D eigenvalue weighted by Gasteiger charge is 2.16. The Morgan fingerprint density at radius 2 is 1.67 bits per heavy atom. The molecule has 0 aliphatic heterocycles. The lowest BCUT2D eigenvalue weighted by Gasteiger charge is -2.14. The Balaban J connectivity index is 2.27. The summed E-state index contributed by atoms with van der Waals surface area (Å²) in [6.07, 6.45) is 2.08. The SMILES string of the molecule is CC(=O)O/C(C)=C\C(CC(=O)c1ccccc1)c1ccc(Cl)cc1. The Morgan fingerprint density at radius 1 is 1.04 bits per heavy atom. The van der Waals surface area contributed by atoms with Gasteiger partial charge in [-0.1, -0.05) is 54.1 Å². The fourth-order valence-corrected chi connectivity index (χ4v) is 2.59. The molecule has 0 aliphatic carbocycles. The second kappa shape index (κ2) is 8.46. The van der Waals surface area contributed by atoms with Gasteiger partial charge in [0.05, 0.1) is 0 Å². The molecule has 24 heavy (non-hydrogen) atoms. The Labute approximate surface area is 146 Å². The largest absolute Gasteiger partial charge is 0.432 e. The third kappa shape index (κ3) is 5.36. The molecule has 0 radical (unpaired) electrons. The molecule has 0 aromatic heterocycles. The van der Waals surface area contributed by atoms with Crippen molar-refractivity contribution in [1.29, 1.82) is 0 Å². The minimum absolute atomic E-state index is 0.0300. The van der Waals surface area contributed by atoms with Crippen molar-refractivity contribution in [2.24, 2.45) is 0 Å². The van der Waals surface area contributed by atoms with Crippen LogP contribution in [0.5, 0.6) is 0 Å². The van der Waals surface area contributed by atoms with Crippen molar-refractivity contribution in [3.8, 4) is 0 Å². The average Bonchev–Trinajstić information content (AvgIpc) is 2.55. The number of hydrogen-bond donors (Lipinski definition) is 0. The summed E-state index contributed by atoms with van der Waals surface area (Å²) in [6.45, 7) is 3.06. The zero-order chi connectivity index (χ0) is 17.5. The van der Waals surface area contributed by atoms with Crippen LogP contribution >= 0.6 is 11.6 Å². The summed E-state index contributed by atoms with van der Waals surface area (Å²) in [5.74, 6) is -0.0759. The summed E-state index contributed by atoms with van der Waals surface area (Å²) in [5.41, 5.74) is 1.60. The predicted octanol–water partition coefficient (Wildman–Crippen LogP) is 5.16. The van der Waals surface area contributed by atoms with Crippen molar-refractivity contribution < 1.29 is 14.3 Å². The maximum Gasteiger partial charge on any atom is 0.307 e. The quantitative estimate of drug-likeness (QED) is 0.413. The summed E-state index contributed by atoms with van der Waals surface area (Å²) in [5, 5.41) is 0.632. The van der Waals surface area contributed by atoms with Crippen molar-refractivity contribution >= 4 is 23.4 Å². The zero-order valence-electron chi connectivity index (χ0n) is 13.7. The molecule has 1 unspecified atom stereocenters.